The number of carbonyl (C=O) groups excluding carboxylic acids is 1. The zero-order valence-electron chi connectivity index (χ0n) is 13.8. The van der Waals surface area contributed by atoms with E-state index in [1.54, 1.807) is 7.11 Å². The monoisotopic (exact) mass is 319 g/mol. The van der Waals surface area contributed by atoms with Crippen LogP contribution in [0.25, 0.3) is 22.0 Å². The van der Waals surface area contributed by atoms with Crippen molar-refractivity contribution in [1.82, 2.24) is 4.98 Å². The molecule has 1 unspecified atom stereocenters. The van der Waals surface area contributed by atoms with E-state index in [-0.39, 0.29) is 5.92 Å². The topological polar surface area (TPSA) is 42.1 Å². The Balaban J connectivity index is 1.87. The summed E-state index contributed by atoms with van der Waals surface area (Å²) in [4.78, 5) is 15.6. The Morgan fingerprint density at radius 1 is 1.08 bits per heavy atom. The molecule has 24 heavy (non-hydrogen) atoms. The van der Waals surface area contributed by atoms with Gasteiger partial charge >= 0.3 is 0 Å². The van der Waals surface area contributed by atoms with Crippen LogP contribution in [0.5, 0.6) is 5.75 Å². The van der Waals surface area contributed by atoms with Crippen LogP contribution < -0.4 is 4.74 Å². The lowest BCUT2D eigenvalue weighted by molar-refractivity contribution is -0.120. The molecule has 2 aromatic carbocycles. The third-order valence-corrected chi connectivity index (χ3v) is 5.00. The first kappa shape index (κ1) is 15.0. The van der Waals surface area contributed by atoms with E-state index in [1.165, 1.54) is 22.2 Å². The Bertz CT molecular complexity index is 876. The molecule has 0 bridgehead atoms. The van der Waals surface area contributed by atoms with Gasteiger partial charge < -0.3 is 9.72 Å². The molecule has 3 heteroatoms. The van der Waals surface area contributed by atoms with Gasteiger partial charge in [0.1, 0.15) is 11.5 Å². The van der Waals surface area contributed by atoms with Crippen molar-refractivity contribution in [3.05, 3.63) is 54.2 Å². The number of ketones is 1. The second-order valence-corrected chi connectivity index (χ2v) is 6.52. The smallest absolute Gasteiger partial charge is 0.133 e. The molecule has 0 spiro atoms. The zero-order valence-corrected chi connectivity index (χ0v) is 13.8. The van der Waals surface area contributed by atoms with Crippen LogP contribution in [0.4, 0.5) is 0 Å². The number of benzene rings is 2. The molecule has 1 atom stereocenters. The lowest BCUT2D eigenvalue weighted by Gasteiger charge is -2.21. The standard InChI is InChI=1S/C21H21NO2/c1-24-17-11-9-14(10-12-17)20-18-7-2-3-8-19(18)22-21(20)15-5-4-6-16(23)13-15/h2-3,7-12,15,22H,4-6,13H2,1H3. The molecule has 1 heterocycles. The van der Waals surface area contributed by atoms with Crippen molar-refractivity contribution in [3.63, 3.8) is 0 Å². The van der Waals surface area contributed by atoms with Crippen LogP contribution in [0.2, 0.25) is 0 Å². The van der Waals surface area contributed by atoms with Crippen molar-refractivity contribution in [3.8, 4) is 16.9 Å². The predicted molar refractivity (Wildman–Crippen MR) is 96.5 cm³/mol. The van der Waals surface area contributed by atoms with E-state index in [1.807, 2.05) is 18.2 Å². The normalized spacial score (nSPS) is 18.0. The first-order chi connectivity index (χ1) is 11.8. The number of para-hydroxylation sites is 1. The molecule has 1 N–H and O–H groups in total. The molecule has 0 amide bonds. The van der Waals surface area contributed by atoms with Gasteiger partial charge in [-0.1, -0.05) is 30.3 Å². The van der Waals surface area contributed by atoms with E-state index in [4.69, 9.17) is 4.74 Å². The molecule has 1 aromatic heterocycles. The molecule has 1 aliphatic rings. The number of nitrogens with one attached hydrogen (secondary N) is 1. The van der Waals surface area contributed by atoms with Gasteiger partial charge in [-0.3, -0.25) is 4.79 Å². The summed E-state index contributed by atoms with van der Waals surface area (Å²) < 4.78 is 5.28. The molecule has 0 radical (unpaired) electrons. The highest BCUT2D eigenvalue weighted by Gasteiger charge is 2.26. The predicted octanol–water partition coefficient (Wildman–Crippen LogP) is 5.07. The van der Waals surface area contributed by atoms with E-state index in [2.05, 4.69) is 35.3 Å². The highest BCUT2D eigenvalue weighted by molar-refractivity contribution is 5.98. The van der Waals surface area contributed by atoms with Crippen LogP contribution in [0, 0.1) is 0 Å². The average Bonchev–Trinajstić information content (AvgIpc) is 3.01. The number of methoxy groups -OCH3 is 1. The van der Waals surface area contributed by atoms with Gasteiger partial charge in [-0.05, 0) is 36.6 Å². The Morgan fingerprint density at radius 3 is 2.62 bits per heavy atom. The van der Waals surface area contributed by atoms with Crippen molar-refractivity contribution in [2.75, 3.05) is 7.11 Å². The van der Waals surface area contributed by atoms with Crippen LogP contribution in [-0.4, -0.2) is 17.9 Å². The summed E-state index contributed by atoms with van der Waals surface area (Å²) in [7, 11) is 1.68. The summed E-state index contributed by atoms with van der Waals surface area (Å²) in [5, 5.41) is 1.22. The van der Waals surface area contributed by atoms with Crippen molar-refractivity contribution >= 4 is 16.7 Å². The van der Waals surface area contributed by atoms with Crippen LogP contribution >= 0.6 is 0 Å². The van der Waals surface area contributed by atoms with Crippen molar-refractivity contribution < 1.29 is 9.53 Å². The third kappa shape index (κ3) is 2.60. The first-order valence-corrected chi connectivity index (χ1v) is 8.53. The van der Waals surface area contributed by atoms with Gasteiger partial charge in [0.2, 0.25) is 0 Å². The van der Waals surface area contributed by atoms with Crippen LogP contribution in [0.1, 0.15) is 37.3 Å². The van der Waals surface area contributed by atoms with Gasteiger partial charge in [-0.25, -0.2) is 0 Å². The Morgan fingerprint density at radius 2 is 1.88 bits per heavy atom. The number of rotatable bonds is 3. The fourth-order valence-electron chi connectivity index (χ4n) is 3.81. The minimum absolute atomic E-state index is 0.288. The minimum atomic E-state index is 0.288. The number of H-pyrrole nitrogens is 1. The number of fused-ring (bicyclic) bond motifs is 1. The van der Waals surface area contributed by atoms with Crippen molar-refractivity contribution in [2.45, 2.75) is 31.6 Å². The third-order valence-electron chi connectivity index (χ3n) is 5.00. The molecule has 1 aliphatic carbocycles. The van der Waals surface area contributed by atoms with E-state index in [9.17, 15) is 4.79 Å². The van der Waals surface area contributed by atoms with Gasteiger partial charge in [0.15, 0.2) is 0 Å². The summed E-state index contributed by atoms with van der Waals surface area (Å²) >= 11 is 0. The first-order valence-electron chi connectivity index (χ1n) is 8.53. The quantitative estimate of drug-likeness (QED) is 0.732. The Hall–Kier alpha value is -2.55. The second kappa shape index (κ2) is 6.16. The van der Waals surface area contributed by atoms with Gasteiger partial charge in [0.05, 0.1) is 7.11 Å². The highest BCUT2D eigenvalue weighted by atomic mass is 16.5. The van der Waals surface area contributed by atoms with Crippen LogP contribution in [-0.2, 0) is 4.79 Å². The molecule has 3 aromatic rings. The van der Waals surface area contributed by atoms with E-state index >= 15 is 0 Å². The van der Waals surface area contributed by atoms with E-state index in [0.717, 1.165) is 30.5 Å². The highest BCUT2D eigenvalue weighted by Crippen LogP contribution is 2.41. The van der Waals surface area contributed by atoms with Gasteiger partial charge in [-0.2, -0.15) is 0 Å². The van der Waals surface area contributed by atoms with Gasteiger partial charge in [0.25, 0.3) is 0 Å². The number of carbonyl (C=O) groups is 1. The molecule has 0 aliphatic heterocycles. The van der Waals surface area contributed by atoms with E-state index in [0.29, 0.717) is 12.2 Å². The van der Waals surface area contributed by atoms with Crippen LogP contribution in [0.15, 0.2) is 48.5 Å². The second-order valence-electron chi connectivity index (χ2n) is 6.52. The minimum Gasteiger partial charge on any atom is -0.497 e. The Labute approximate surface area is 141 Å². The molecule has 1 fully saturated rings. The number of aromatic nitrogens is 1. The van der Waals surface area contributed by atoms with Crippen LogP contribution in [0.3, 0.4) is 0 Å². The lowest BCUT2D eigenvalue weighted by atomic mass is 9.83. The molecule has 0 saturated heterocycles. The maximum Gasteiger partial charge on any atom is 0.133 e. The maximum atomic E-state index is 12.0. The molecule has 122 valence electrons. The van der Waals surface area contributed by atoms with Gasteiger partial charge in [-0.15, -0.1) is 0 Å². The fourth-order valence-corrected chi connectivity index (χ4v) is 3.81. The lowest BCUT2D eigenvalue weighted by Crippen LogP contribution is -2.14. The summed E-state index contributed by atoms with van der Waals surface area (Å²) in [5.41, 5.74) is 4.74. The summed E-state index contributed by atoms with van der Waals surface area (Å²) in [5.74, 6) is 1.52. The Kier molecular flexibility index (Phi) is 3.85. The van der Waals surface area contributed by atoms with E-state index < -0.39 is 0 Å². The largest absolute Gasteiger partial charge is 0.497 e. The van der Waals surface area contributed by atoms with Crippen molar-refractivity contribution in [2.24, 2.45) is 0 Å². The molecule has 3 nitrogen and oxygen atoms in total. The number of hydrogen-bond acceptors (Lipinski definition) is 2. The summed E-state index contributed by atoms with van der Waals surface area (Å²) in [6.45, 7) is 0. The number of aromatic amines is 1. The fraction of sp³-hybridized carbons (Fsp3) is 0.286. The average molecular weight is 319 g/mol. The number of Topliss-reactive ketones (excluding diaryl/α,β-unsaturated/α-hetero) is 1. The van der Waals surface area contributed by atoms with Crippen molar-refractivity contribution in [1.29, 1.82) is 0 Å². The van der Waals surface area contributed by atoms with Gasteiger partial charge in [0, 0.05) is 40.9 Å². The molecule has 1 saturated carbocycles. The molecular formula is C21H21NO2. The zero-order chi connectivity index (χ0) is 16.5. The summed E-state index contributed by atoms with van der Waals surface area (Å²) in [6.07, 6.45) is 3.44. The molecule has 4 rings (SSSR count). The summed E-state index contributed by atoms with van der Waals surface area (Å²) in [6, 6.07) is 16.6. The molecular weight excluding hydrogens is 298 g/mol. The number of hydrogen-bond donors (Lipinski definition) is 1. The number of ether oxygens (including phenoxy) is 1. The maximum absolute atomic E-state index is 12.0. The SMILES string of the molecule is COc1ccc(-c2c(C3CCCC(=O)C3)[nH]c3ccccc23)cc1.